The van der Waals surface area contributed by atoms with E-state index in [-0.39, 0.29) is 11.4 Å². The van der Waals surface area contributed by atoms with E-state index in [1.165, 1.54) is 12.3 Å². The summed E-state index contributed by atoms with van der Waals surface area (Å²) >= 11 is 1.08. The normalized spacial score (nSPS) is 10.7. The van der Waals surface area contributed by atoms with Gasteiger partial charge in [-0.2, -0.15) is 0 Å². The van der Waals surface area contributed by atoms with Gasteiger partial charge in [-0.1, -0.05) is 18.2 Å². The Labute approximate surface area is 122 Å². The first-order chi connectivity index (χ1) is 10.1. The Morgan fingerprint density at radius 3 is 2.76 bits per heavy atom. The number of aromatic nitrogens is 4. The minimum absolute atomic E-state index is 0.288. The van der Waals surface area contributed by atoms with Crippen LogP contribution in [0.2, 0.25) is 0 Å². The largest absolute Gasteiger partial charge is 0.475 e. The summed E-state index contributed by atoms with van der Waals surface area (Å²) in [6.45, 7) is 0. The zero-order valence-corrected chi connectivity index (χ0v) is 11.3. The molecule has 0 bridgehead atoms. The number of hydrogen-bond donors (Lipinski definition) is 2. The molecule has 3 aromatic rings. The van der Waals surface area contributed by atoms with Crippen LogP contribution in [0.5, 0.6) is 0 Å². The number of nitrogens with one attached hydrogen (secondary N) is 1. The second-order valence-corrected chi connectivity index (χ2v) is 4.99. The van der Waals surface area contributed by atoms with Crippen LogP contribution in [0.15, 0.2) is 51.5 Å². The summed E-state index contributed by atoms with van der Waals surface area (Å²) in [5, 5.41) is 10.5. The Morgan fingerprint density at radius 1 is 1.19 bits per heavy atom. The standard InChI is InChI=1S/C13H8N4O3S/c18-9-5-6-14-13(16-9)21-11-7-3-1-2-4-8(7)15-10(17-11)12(19)20/h1-6H,(H,19,20)(H,14,16,18). The Bertz CT molecular complexity index is 894. The summed E-state index contributed by atoms with van der Waals surface area (Å²) in [7, 11) is 0. The van der Waals surface area contributed by atoms with Crippen LogP contribution in [-0.4, -0.2) is 31.0 Å². The number of nitrogens with zero attached hydrogens (tertiary/aromatic N) is 3. The van der Waals surface area contributed by atoms with Gasteiger partial charge in [-0.25, -0.2) is 19.7 Å². The summed E-state index contributed by atoms with van der Waals surface area (Å²) in [6, 6.07) is 8.35. The lowest BCUT2D eigenvalue weighted by Crippen LogP contribution is -2.07. The molecule has 0 radical (unpaired) electrons. The van der Waals surface area contributed by atoms with Crippen molar-refractivity contribution < 1.29 is 9.90 Å². The van der Waals surface area contributed by atoms with Gasteiger partial charge in [0.25, 0.3) is 5.56 Å². The number of para-hydroxylation sites is 1. The van der Waals surface area contributed by atoms with Gasteiger partial charge in [0.15, 0.2) is 5.16 Å². The van der Waals surface area contributed by atoms with Crippen molar-refractivity contribution >= 4 is 28.6 Å². The molecule has 3 rings (SSSR count). The molecule has 0 aliphatic rings. The molecule has 0 atom stereocenters. The number of carboxylic acids is 1. The van der Waals surface area contributed by atoms with Gasteiger partial charge >= 0.3 is 5.97 Å². The summed E-state index contributed by atoms with van der Waals surface area (Å²) < 4.78 is 0. The number of aromatic carboxylic acids is 1. The van der Waals surface area contributed by atoms with Gasteiger partial charge in [-0.05, 0) is 17.8 Å². The van der Waals surface area contributed by atoms with Gasteiger partial charge in [0.2, 0.25) is 5.82 Å². The molecule has 0 saturated carbocycles. The van der Waals surface area contributed by atoms with Crippen molar-refractivity contribution in [2.75, 3.05) is 0 Å². The Balaban J connectivity index is 2.16. The fourth-order valence-corrected chi connectivity index (χ4v) is 2.58. The highest BCUT2D eigenvalue weighted by Gasteiger charge is 2.14. The van der Waals surface area contributed by atoms with Crippen LogP contribution in [0.25, 0.3) is 10.9 Å². The number of benzene rings is 1. The zero-order chi connectivity index (χ0) is 14.8. The Hall–Kier alpha value is -2.74. The molecule has 0 aliphatic heterocycles. The average Bonchev–Trinajstić information content (AvgIpc) is 2.47. The molecule has 2 N–H and O–H groups in total. The molecule has 21 heavy (non-hydrogen) atoms. The lowest BCUT2D eigenvalue weighted by molar-refractivity contribution is 0.0683. The van der Waals surface area contributed by atoms with Crippen LogP contribution in [-0.2, 0) is 0 Å². The van der Waals surface area contributed by atoms with Crippen LogP contribution >= 0.6 is 11.8 Å². The molecule has 2 heterocycles. The third kappa shape index (κ3) is 2.75. The number of hydrogen-bond acceptors (Lipinski definition) is 6. The van der Waals surface area contributed by atoms with Crippen LogP contribution in [0.3, 0.4) is 0 Å². The van der Waals surface area contributed by atoms with Crippen molar-refractivity contribution in [3.8, 4) is 0 Å². The molecule has 7 nitrogen and oxygen atoms in total. The first-order valence-electron chi connectivity index (χ1n) is 5.87. The maximum absolute atomic E-state index is 11.3. The van der Waals surface area contributed by atoms with Crippen LogP contribution in [0.1, 0.15) is 10.6 Å². The van der Waals surface area contributed by atoms with E-state index >= 15 is 0 Å². The predicted octanol–water partition coefficient (Wildman–Crippen LogP) is 1.56. The van der Waals surface area contributed by atoms with E-state index in [2.05, 4.69) is 19.9 Å². The van der Waals surface area contributed by atoms with Crippen molar-refractivity contribution in [3.63, 3.8) is 0 Å². The first kappa shape index (κ1) is 13.3. The van der Waals surface area contributed by atoms with Crippen LogP contribution in [0, 0.1) is 0 Å². The second-order valence-electron chi connectivity index (χ2n) is 4.02. The molecular weight excluding hydrogens is 292 g/mol. The fourth-order valence-electron chi connectivity index (χ4n) is 1.72. The van der Waals surface area contributed by atoms with Crippen molar-refractivity contribution in [3.05, 3.63) is 52.7 Å². The SMILES string of the molecule is O=C(O)c1nc(Sc2nccc(=O)[nH]2)c2ccccc2n1. The van der Waals surface area contributed by atoms with Crippen LogP contribution < -0.4 is 5.56 Å². The molecule has 1 aromatic carbocycles. The number of H-pyrrole nitrogens is 1. The molecular formula is C13H8N4O3S. The first-order valence-corrected chi connectivity index (χ1v) is 6.68. The van der Waals surface area contributed by atoms with E-state index < -0.39 is 5.97 Å². The smallest absolute Gasteiger partial charge is 0.373 e. The fraction of sp³-hybridized carbons (Fsp3) is 0. The molecule has 0 spiro atoms. The quantitative estimate of drug-likeness (QED) is 0.558. The van der Waals surface area contributed by atoms with Crippen molar-refractivity contribution in [2.45, 2.75) is 10.2 Å². The topological polar surface area (TPSA) is 109 Å². The average molecular weight is 300 g/mol. The lowest BCUT2D eigenvalue weighted by Gasteiger charge is -2.05. The van der Waals surface area contributed by atoms with E-state index in [0.29, 0.717) is 21.1 Å². The third-order valence-electron chi connectivity index (χ3n) is 2.60. The van der Waals surface area contributed by atoms with Crippen molar-refractivity contribution in [1.29, 1.82) is 0 Å². The predicted molar refractivity (Wildman–Crippen MR) is 75.5 cm³/mol. The van der Waals surface area contributed by atoms with Crippen molar-refractivity contribution in [2.24, 2.45) is 0 Å². The molecule has 0 saturated heterocycles. The number of fused-ring (bicyclic) bond motifs is 1. The van der Waals surface area contributed by atoms with Gasteiger partial charge < -0.3 is 10.1 Å². The van der Waals surface area contributed by atoms with Gasteiger partial charge in [-0.15, -0.1) is 0 Å². The molecule has 8 heteroatoms. The minimum Gasteiger partial charge on any atom is -0.475 e. The summed E-state index contributed by atoms with van der Waals surface area (Å²) in [5.74, 6) is -1.51. The molecule has 0 aliphatic carbocycles. The van der Waals surface area contributed by atoms with Gasteiger partial charge in [0.1, 0.15) is 5.03 Å². The second kappa shape index (κ2) is 5.33. The molecule has 0 fully saturated rings. The van der Waals surface area contributed by atoms with Gasteiger partial charge in [0, 0.05) is 17.6 Å². The molecule has 2 aromatic heterocycles. The highest BCUT2D eigenvalue weighted by atomic mass is 32.2. The molecule has 104 valence electrons. The molecule has 0 unspecified atom stereocenters. The number of carbonyl (C=O) groups is 1. The van der Waals surface area contributed by atoms with Gasteiger partial charge in [0.05, 0.1) is 5.52 Å². The number of aromatic amines is 1. The lowest BCUT2D eigenvalue weighted by atomic mass is 10.2. The van der Waals surface area contributed by atoms with E-state index in [9.17, 15) is 9.59 Å². The summed E-state index contributed by atoms with van der Waals surface area (Å²) in [4.78, 5) is 36.9. The number of carboxylic acid groups (broad SMARTS) is 1. The van der Waals surface area contributed by atoms with Crippen LogP contribution in [0.4, 0.5) is 0 Å². The molecule has 0 amide bonds. The van der Waals surface area contributed by atoms with Crippen molar-refractivity contribution in [1.82, 2.24) is 19.9 Å². The van der Waals surface area contributed by atoms with E-state index in [1.54, 1.807) is 24.3 Å². The Kier molecular flexibility index (Phi) is 3.36. The van der Waals surface area contributed by atoms with E-state index in [0.717, 1.165) is 11.8 Å². The highest BCUT2D eigenvalue weighted by Crippen LogP contribution is 2.28. The van der Waals surface area contributed by atoms with Gasteiger partial charge in [-0.3, -0.25) is 4.79 Å². The monoisotopic (exact) mass is 300 g/mol. The summed E-state index contributed by atoms with van der Waals surface area (Å²) in [5.41, 5.74) is 0.231. The minimum atomic E-state index is -1.21. The maximum atomic E-state index is 11.3. The third-order valence-corrected chi connectivity index (χ3v) is 3.51. The Morgan fingerprint density at radius 2 is 2.00 bits per heavy atom. The van der Waals surface area contributed by atoms with E-state index in [1.807, 2.05) is 0 Å². The van der Waals surface area contributed by atoms with E-state index in [4.69, 9.17) is 5.11 Å². The summed E-state index contributed by atoms with van der Waals surface area (Å²) in [6.07, 6.45) is 1.38. The highest BCUT2D eigenvalue weighted by molar-refractivity contribution is 7.99. The maximum Gasteiger partial charge on any atom is 0.373 e. The zero-order valence-electron chi connectivity index (χ0n) is 10.5. The number of rotatable bonds is 3.